The minimum atomic E-state index is -0.0923. The van der Waals surface area contributed by atoms with Gasteiger partial charge in [-0.25, -0.2) is 0 Å². The molecule has 4 heteroatoms. The predicted octanol–water partition coefficient (Wildman–Crippen LogP) is 2.32. The Labute approximate surface area is 106 Å². The average Bonchev–Trinajstić information content (AvgIpc) is 2.71. The fourth-order valence-electron chi connectivity index (χ4n) is 2.88. The molecule has 3 nitrogen and oxygen atoms in total. The van der Waals surface area contributed by atoms with Crippen molar-refractivity contribution in [3.05, 3.63) is 28.3 Å². The van der Waals surface area contributed by atoms with Crippen LogP contribution in [0.4, 0.5) is 0 Å². The van der Waals surface area contributed by atoms with Gasteiger partial charge < -0.3 is 14.8 Å². The topological polar surface area (TPSA) is 30.5 Å². The van der Waals surface area contributed by atoms with Crippen LogP contribution in [0.5, 0.6) is 5.75 Å². The summed E-state index contributed by atoms with van der Waals surface area (Å²) in [4.78, 5) is 0. The third-order valence-electron chi connectivity index (χ3n) is 3.95. The fraction of sp³-hybridized carbons (Fsp3) is 0.538. The molecule has 2 heterocycles. The average molecular weight is 254 g/mol. The van der Waals surface area contributed by atoms with Crippen LogP contribution < -0.4 is 10.1 Å². The Morgan fingerprint density at radius 1 is 1.53 bits per heavy atom. The molecule has 1 aromatic rings. The summed E-state index contributed by atoms with van der Waals surface area (Å²) in [5.74, 6) is 1.11. The Bertz CT molecular complexity index is 463. The van der Waals surface area contributed by atoms with E-state index in [-0.39, 0.29) is 5.60 Å². The van der Waals surface area contributed by atoms with Crippen LogP contribution in [0, 0.1) is 0 Å². The molecule has 0 radical (unpaired) electrons. The summed E-state index contributed by atoms with van der Waals surface area (Å²) >= 11 is 6.34. The number of rotatable bonds is 1. The molecule has 0 aromatic heterocycles. The highest BCUT2D eigenvalue weighted by Crippen LogP contribution is 2.45. The quantitative estimate of drug-likeness (QED) is 0.833. The normalized spacial score (nSPS) is 30.9. The van der Waals surface area contributed by atoms with Gasteiger partial charge >= 0.3 is 0 Å². The minimum Gasteiger partial charge on any atom is -0.495 e. The van der Waals surface area contributed by atoms with Crippen LogP contribution in [0.25, 0.3) is 0 Å². The summed E-state index contributed by atoms with van der Waals surface area (Å²) in [5.41, 5.74) is 2.29. The zero-order chi connectivity index (χ0) is 12.0. The van der Waals surface area contributed by atoms with Gasteiger partial charge in [-0.2, -0.15) is 0 Å². The van der Waals surface area contributed by atoms with Crippen molar-refractivity contribution in [2.24, 2.45) is 0 Å². The molecule has 1 N–H and O–H groups in total. The van der Waals surface area contributed by atoms with Crippen LogP contribution in [0.3, 0.4) is 0 Å². The van der Waals surface area contributed by atoms with Crippen molar-refractivity contribution < 1.29 is 9.47 Å². The molecule has 3 rings (SSSR count). The van der Waals surface area contributed by atoms with Gasteiger partial charge in [-0.1, -0.05) is 17.7 Å². The number of benzene rings is 1. The monoisotopic (exact) mass is 253 g/mol. The lowest BCUT2D eigenvalue weighted by Gasteiger charge is -2.37. The van der Waals surface area contributed by atoms with Gasteiger partial charge in [-0.05, 0) is 18.6 Å². The molecule has 2 aliphatic rings. The first-order chi connectivity index (χ1) is 8.15. The van der Waals surface area contributed by atoms with Crippen LogP contribution >= 0.6 is 11.6 Å². The molecule has 2 atom stereocenters. The summed E-state index contributed by atoms with van der Waals surface area (Å²) < 4.78 is 11.2. The molecule has 2 aliphatic heterocycles. The standard InChI is InChI=1S/C13H16ClNO2/c1-13-7-15-5-10(13)8-3-4-11(16-2)12(14)9(8)6-17-13/h3-4,10,15H,5-7H2,1-2H3/t10-,13-/m0/s1. The predicted molar refractivity (Wildman–Crippen MR) is 66.8 cm³/mol. The fourth-order valence-corrected chi connectivity index (χ4v) is 3.18. The molecule has 1 aromatic carbocycles. The summed E-state index contributed by atoms with van der Waals surface area (Å²) in [6, 6.07) is 4.07. The van der Waals surface area contributed by atoms with Gasteiger partial charge in [0.1, 0.15) is 5.75 Å². The van der Waals surface area contributed by atoms with E-state index in [2.05, 4.69) is 18.3 Å². The molecule has 0 spiro atoms. The summed E-state index contributed by atoms with van der Waals surface area (Å²) in [6.07, 6.45) is 0. The van der Waals surface area contributed by atoms with Gasteiger partial charge in [0.25, 0.3) is 0 Å². The Hall–Kier alpha value is -0.770. The highest BCUT2D eigenvalue weighted by atomic mass is 35.5. The second kappa shape index (κ2) is 3.87. The van der Waals surface area contributed by atoms with Gasteiger partial charge in [0.05, 0.1) is 24.3 Å². The molecular weight excluding hydrogens is 238 g/mol. The summed E-state index contributed by atoms with van der Waals surface area (Å²) in [7, 11) is 1.64. The van der Waals surface area contributed by atoms with Gasteiger partial charge in [0.2, 0.25) is 0 Å². The molecule has 0 unspecified atom stereocenters. The number of hydrogen-bond donors (Lipinski definition) is 1. The van der Waals surface area contributed by atoms with Gasteiger partial charge in [-0.3, -0.25) is 0 Å². The third kappa shape index (κ3) is 1.57. The molecular formula is C13H16ClNO2. The molecule has 0 saturated carbocycles. The molecule has 0 aliphatic carbocycles. The van der Waals surface area contributed by atoms with Crippen molar-refractivity contribution in [2.75, 3.05) is 20.2 Å². The lowest BCUT2D eigenvalue weighted by molar-refractivity contribution is -0.0517. The second-order valence-electron chi connectivity index (χ2n) is 4.93. The number of ether oxygens (including phenoxy) is 2. The maximum absolute atomic E-state index is 6.34. The van der Waals surface area contributed by atoms with E-state index in [4.69, 9.17) is 21.1 Å². The third-order valence-corrected chi connectivity index (χ3v) is 4.36. The van der Waals surface area contributed by atoms with E-state index >= 15 is 0 Å². The maximum atomic E-state index is 6.34. The van der Waals surface area contributed by atoms with Crippen molar-refractivity contribution in [1.29, 1.82) is 0 Å². The van der Waals surface area contributed by atoms with Crippen LogP contribution in [0.15, 0.2) is 12.1 Å². The van der Waals surface area contributed by atoms with Crippen LogP contribution in [0.1, 0.15) is 24.0 Å². The lowest BCUT2D eigenvalue weighted by Crippen LogP contribution is -2.39. The molecule has 17 heavy (non-hydrogen) atoms. The van der Waals surface area contributed by atoms with Crippen molar-refractivity contribution in [3.8, 4) is 5.75 Å². The van der Waals surface area contributed by atoms with Gasteiger partial charge in [0.15, 0.2) is 0 Å². The highest BCUT2D eigenvalue weighted by Gasteiger charge is 2.45. The zero-order valence-electron chi connectivity index (χ0n) is 10.0. The van der Waals surface area contributed by atoms with Crippen molar-refractivity contribution in [3.63, 3.8) is 0 Å². The number of hydrogen-bond acceptors (Lipinski definition) is 3. The molecule has 0 bridgehead atoms. The van der Waals surface area contributed by atoms with E-state index in [1.54, 1.807) is 7.11 Å². The van der Waals surface area contributed by atoms with Crippen molar-refractivity contribution in [1.82, 2.24) is 5.32 Å². The Kier molecular flexibility index (Phi) is 2.58. The molecule has 0 amide bonds. The first-order valence-corrected chi connectivity index (χ1v) is 6.23. The molecule has 1 saturated heterocycles. The van der Waals surface area contributed by atoms with Crippen molar-refractivity contribution in [2.45, 2.75) is 25.0 Å². The first-order valence-electron chi connectivity index (χ1n) is 5.85. The number of nitrogens with one attached hydrogen (secondary N) is 1. The molecule has 1 fully saturated rings. The van der Waals surface area contributed by atoms with Gasteiger partial charge in [-0.15, -0.1) is 0 Å². The number of methoxy groups -OCH3 is 1. The first kappa shape index (κ1) is 11.3. The van der Waals surface area contributed by atoms with E-state index in [0.29, 0.717) is 17.5 Å². The summed E-state index contributed by atoms with van der Waals surface area (Å²) in [6.45, 7) is 4.59. The van der Waals surface area contributed by atoms with E-state index < -0.39 is 0 Å². The van der Waals surface area contributed by atoms with Crippen LogP contribution in [0.2, 0.25) is 5.02 Å². The highest BCUT2D eigenvalue weighted by molar-refractivity contribution is 6.33. The van der Waals surface area contributed by atoms with Crippen LogP contribution in [-0.4, -0.2) is 25.8 Å². The van der Waals surface area contributed by atoms with Crippen LogP contribution in [-0.2, 0) is 11.3 Å². The second-order valence-corrected chi connectivity index (χ2v) is 5.31. The number of fused-ring (bicyclic) bond motifs is 3. The van der Waals surface area contributed by atoms with Crippen molar-refractivity contribution >= 4 is 11.6 Å². The Morgan fingerprint density at radius 2 is 2.35 bits per heavy atom. The van der Waals surface area contributed by atoms with E-state index in [9.17, 15) is 0 Å². The zero-order valence-corrected chi connectivity index (χ0v) is 10.8. The van der Waals surface area contributed by atoms with E-state index in [1.165, 1.54) is 5.56 Å². The largest absolute Gasteiger partial charge is 0.495 e. The lowest BCUT2D eigenvalue weighted by atomic mass is 9.81. The number of halogens is 1. The van der Waals surface area contributed by atoms with E-state index in [1.807, 2.05) is 6.07 Å². The maximum Gasteiger partial charge on any atom is 0.137 e. The molecule has 92 valence electrons. The Morgan fingerprint density at radius 3 is 3.12 bits per heavy atom. The smallest absolute Gasteiger partial charge is 0.137 e. The van der Waals surface area contributed by atoms with Gasteiger partial charge in [0, 0.05) is 24.6 Å². The minimum absolute atomic E-state index is 0.0923. The summed E-state index contributed by atoms with van der Waals surface area (Å²) in [5, 5.41) is 4.09. The van der Waals surface area contributed by atoms with E-state index in [0.717, 1.165) is 24.4 Å². The Balaban J connectivity index is 2.11. The SMILES string of the molecule is COc1ccc2c(c1Cl)CO[C@@]1(C)CNC[C@@H]21.